The molecule has 2 aliphatic heterocycles. The number of nitriles is 1. The number of methoxy groups -OCH3 is 3. The fourth-order valence-corrected chi connectivity index (χ4v) is 13.1. The van der Waals surface area contributed by atoms with Crippen molar-refractivity contribution < 1.29 is 57.4 Å². The van der Waals surface area contributed by atoms with E-state index in [4.69, 9.17) is 37.7 Å². The van der Waals surface area contributed by atoms with Gasteiger partial charge in [0.15, 0.2) is 0 Å². The topological polar surface area (TPSA) is 286 Å². The molecule has 398 valence electrons. The molecule has 76 heavy (non-hydrogen) atoms. The second-order valence-corrected chi connectivity index (χ2v) is 21.8. The number of ether oxygens (including phenoxy) is 7. The average molecular weight is 1060 g/mol. The van der Waals surface area contributed by atoms with Gasteiger partial charge in [0.25, 0.3) is 0 Å². The molecule has 0 spiro atoms. The van der Waals surface area contributed by atoms with Crippen LogP contribution in [0, 0.1) is 11.3 Å². The number of hydrogen-bond donors (Lipinski definition) is 5. The zero-order valence-electron chi connectivity index (χ0n) is 41.7. The van der Waals surface area contributed by atoms with Crippen molar-refractivity contribution in [1.29, 1.82) is 5.26 Å². The van der Waals surface area contributed by atoms with Crippen LogP contribution >= 0.6 is 7.28 Å². The van der Waals surface area contributed by atoms with E-state index in [1.54, 1.807) is 73.4 Å². The number of amides is 1. The number of aliphatic hydroxyl groups is 1. The van der Waals surface area contributed by atoms with Crippen LogP contribution < -0.4 is 26.0 Å². The number of hydrogen-bond acceptors (Lipinski definition) is 18. The van der Waals surface area contributed by atoms with Crippen molar-refractivity contribution in [2.45, 2.75) is 61.0 Å². The molecule has 3 aromatic heterocycles. The third kappa shape index (κ3) is 10.9. The van der Waals surface area contributed by atoms with Gasteiger partial charge in [-0.2, -0.15) is 0 Å². The molecule has 22 nitrogen and oxygen atoms in total. The number of imidazole rings is 1. The van der Waals surface area contributed by atoms with Crippen LogP contribution in [-0.4, -0.2) is 134 Å². The summed E-state index contributed by atoms with van der Waals surface area (Å²) in [7, 11) is -1.43. The number of anilines is 1. The summed E-state index contributed by atoms with van der Waals surface area (Å²) in [6.45, 7) is -1.20. The monoisotopic (exact) mass is 1060 g/mol. The van der Waals surface area contributed by atoms with Crippen LogP contribution in [0.25, 0.3) is 11.2 Å². The molecular formula is C53H57N8O14P. The van der Waals surface area contributed by atoms with E-state index in [0.717, 1.165) is 10.6 Å². The van der Waals surface area contributed by atoms with Crippen LogP contribution in [0.3, 0.4) is 0 Å². The summed E-state index contributed by atoms with van der Waals surface area (Å²) in [5.41, 5.74) is -1.81. The second kappa shape index (κ2) is 22.9. The van der Waals surface area contributed by atoms with Crippen LogP contribution in [0.4, 0.5) is 5.82 Å². The molecule has 5 heterocycles. The number of aromatic amines is 1. The number of rotatable bonds is 22. The third-order valence-electron chi connectivity index (χ3n) is 13.6. The Morgan fingerprint density at radius 3 is 2.12 bits per heavy atom. The van der Waals surface area contributed by atoms with Crippen molar-refractivity contribution in [3.8, 4) is 17.6 Å². The molecular weight excluding hydrogens is 1000 g/mol. The number of aromatic nitrogens is 6. The van der Waals surface area contributed by atoms with E-state index in [2.05, 4.69) is 25.3 Å². The number of H-pyrrole nitrogens is 1. The zero-order valence-corrected chi connectivity index (χ0v) is 42.6. The molecule has 5 N–H and O–H groups in total. The summed E-state index contributed by atoms with van der Waals surface area (Å²) in [5.74, 6) is 0.875. The number of nitrogens with zero attached hydrogens (tertiary/aromatic N) is 6. The Hall–Kier alpha value is -7.26. The average Bonchev–Trinajstić information content (AvgIpc) is 4.20. The molecule has 0 unspecified atom stereocenters. The Balaban J connectivity index is 1.09. The van der Waals surface area contributed by atoms with Gasteiger partial charge < -0.3 is 0 Å². The van der Waals surface area contributed by atoms with Crippen LogP contribution in [0.1, 0.15) is 52.3 Å². The van der Waals surface area contributed by atoms with Gasteiger partial charge in [0.2, 0.25) is 0 Å². The SMILES string of the molecule is COCCO[C@H]1[C@H](P(O)(O)(CCC#N)OC[C@H]2O[C@@H](n3cnc4c(NC(=O)c5ccccc5)ncnc43)C[C@@H]2O)[C@@H](COC(c2ccccc2)(c2ccc(OC)cc2)c2ccc(OC)cc2)O[C@H]1n1ccc(=O)[nH]c1=O. The molecule has 9 rings (SSSR count). The summed E-state index contributed by atoms with van der Waals surface area (Å²) in [5, 5.41) is 24.5. The minimum atomic E-state index is -5.98. The fourth-order valence-electron chi connectivity index (χ4n) is 9.82. The molecule has 0 saturated carbocycles. The van der Waals surface area contributed by atoms with Crippen LogP contribution in [0.5, 0.6) is 11.5 Å². The van der Waals surface area contributed by atoms with Crippen LogP contribution in [0.2, 0.25) is 0 Å². The summed E-state index contributed by atoms with van der Waals surface area (Å²) in [4.78, 5) is 81.3. The summed E-state index contributed by atoms with van der Waals surface area (Å²) < 4.78 is 52.4. The minimum absolute atomic E-state index is 0.0216. The van der Waals surface area contributed by atoms with E-state index in [0.29, 0.717) is 33.8 Å². The van der Waals surface area contributed by atoms with Gasteiger partial charge in [-0.3, -0.25) is 0 Å². The van der Waals surface area contributed by atoms with Gasteiger partial charge in [-0.1, -0.05) is 18.2 Å². The van der Waals surface area contributed by atoms with Gasteiger partial charge in [0.1, 0.15) is 0 Å². The van der Waals surface area contributed by atoms with E-state index in [1.165, 1.54) is 26.0 Å². The molecule has 0 bridgehead atoms. The van der Waals surface area contributed by atoms with E-state index in [1.807, 2.05) is 60.7 Å². The summed E-state index contributed by atoms with van der Waals surface area (Å²) in [6, 6.07) is 35.6. The Bertz CT molecular complexity index is 3220. The number of benzene rings is 4. The van der Waals surface area contributed by atoms with Crippen molar-refractivity contribution >= 4 is 30.2 Å². The maximum absolute atomic E-state index is 13.7. The maximum atomic E-state index is 13.7. The van der Waals surface area contributed by atoms with Crippen molar-refractivity contribution in [2.75, 3.05) is 59.2 Å². The first-order valence-corrected chi connectivity index (χ1v) is 26.6. The number of carbonyl (C=O) groups excluding carboxylic acids is 1. The van der Waals surface area contributed by atoms with E-state index in [-0.39, 0.29) is 36.6 Å². The van der Waals surface area contributed by atoms with Gasteiger partial charge in [-0.15, -0.1) is 0 Å². The number of nitrogens with one attached hydrogen (secondary N) is 2. The molecule has 0 radical (unpaired) electrons. The van der Waals surface area contributed by atoms with E-state index < -0.39 is 98.4 Å². The molecule has 4 aromatic carbocycles. The van der Waals surface area contributed by atoms with E-state index in [9.17, 15) is 34.5 Å². The van der Waals surface area contributed by atoms with Gasteiger partial charge in [0, 0.05) is 0 Å². The number of fused-ring (bicyclic) bond motifs is 1. The second-order valence-electron chi connectivity index (χ2n) is 18.1. The van der Waals surface area contributed by atoms with Crippen LogP contribution in [-0.2, 0) is 33.8 Å². The van der Waals surface area contributed by atoms with Crippen molar-refractivity contribution in [3.63, 3.8) is 0 Å². The van der Waals surface area contributed by atoms with Gasteiger partial charge in [0.05, 0.1) is 0 Å². The van der Waals surface area contributed by atoms with Crippen molar-refractivity contribution in [3.05, 3.63) is 177 Å². The first-order chi connectivity index (χ1) is 36.8. The van der Waals surface area contributed by atoms with Gasteiger partial charge >= 0.3 is 407 Å². The Morgan fingerprint density at radius 1 is 0.829 bits per heavy atom. The molecule has 7 aromatic rings. The standard InChI is InChI=1S/C53H57N8O14P/c1-68-26-27-71-46-47(76(66,67,28-10-24-54)73-31-41-40(62)29-44(74-41)61-33-57-45-48(55-32-56-49(45)61)59-50(64)34-11-6-4-7-12-34)42(75-51(46)60-25-23-43(63)58-52(60)65)30-72-53(35-13-8-5-9-14-35,36-15-19-38(69-2)20-16-36)37-17-21-39(70-3)22-18-37/h4-9,11-23,25,32-33,40-42,44,46-47,51,62,66-67H,10,26-31H2,1-3H3,(H,58,63,65)(H,55,56,59,64)/t40-,41+,42+,44+,46-,47+,51+/m0/s1. The predicted molar refractivity (Wildman–Crippen MR) is 276 cm³/mol. The zero-order chi connectivity index (χ0) is 53.5. The predicted octanol–water partition coefficient (Wildman–Crippen LogP) is 4.81. The summed E-state index contributed by atoms with van der Waals surface area (Å²) in [6.07, 6.45) is -4.94. The number of aliphatic hydroxyl groups excluding tert-OH is 1. The Morgan fingerprint density at radius 2 is 1.49 bits per heavy atom. The molecule has 2 saturated heterocycles. The molecule has 1 amide bonds. The molecule has 23 heteroatoms. The summed E-state index contributed by atoms with van der Waals surface area (Å²) >= 11 is 0. The quantitative estimate of drug-likeness (QED) is 0.0346. The van der Waals surface area contributed by atoms with Crippen molar-refractivity contribution in [2.24, 2.45) is 0 Å². The first kappa shape index (κ1) is 53.6. The Labute approximate surface area is 435 Å². The van der Waals surface area contributed by atoms with Gasteiger partial charge in [-0.25, -0.2) is 0 Å². The first-order valence-electron chi connectivity index (χ1n) is 24.3. The third-order valence-corrected chi connectivity index (χ3v) is 17.2. The van der Waals surface area contributed by atoms with Gasteiger partial charge in [-0.05, 0) is 12.1 Å². The molecule has 0 aliphatic carbocycles. The fraction of sp³-hybridized carbons (Fsp3) is 0.340. The van der Waals surface area contributed by atoms with Crippen LogP contribution in [0.15, 0.2) is 144 Å². The molecule has 2 aliphatic rings. The normalized spacial score (nSPS) is 21.2. The molecule has 7 atom stereocenters. The van der Waals surface area contributed by atoms with E-state index >= 15 is 0 Å². The molecule has 2 fully saturated rings. The number of carbonyl (C=O) groups is 1. The Kier molecular flexibility index (Phi) is 16.2. The van der Waals surface area contributed by atoms with Crippen molar-refractivity contribution in [1.82, 2.24) is 29.1 Å².